The first kappa shape index (κ1) is 17.9. The lowest BCUT2D eigenvalue weighted by molar-refractivity contribution is -0.116. The number of thiophene rings is 1. The molecule has 4 rings (SSSR count). The molecule has 3 heterocycles. The Balaban J connectivity index is 1.80. The van der Waals surface area contributed by atoms with Crippen molar-refractivity contribution in [1.29, 1.82) is 0 Å². The van der Waals surface area contributed by atoms with Gasteiger partial charge in [-0.25, -0.2) is 13.8 Å². The molecule has 0 spiro atoms. The van der Waals surface area contributed by atoms with Gasteiger partial charge in [-0.05, 0) is 42.6 Å². The number of nitrogens with one attached hydrogen (secondary N) is 2. The molecule has 0 aliphatic rings. The number of rotatable bonds is 4. The first-order chi connectivity index (χ1) is 13.4. The van der Waals surface area contributed by atoms with Crippen LogP contribution in [-0.4, -0.2) is 25.2 Å². The van der Waals surface area contributed by atoms with Gasteiger partial charge in [-0.2, -0.15) is 5.10 Å². The van der Waals surface area contributed by atoms with Crippen LogP contribution in [0.25, 0.3) is 15.9 Å². The summed E-state index contributed by atoms with van der Waals surface area (Å²) in [6.07, 6.45) is 0. The molecular weight excluding hydrogens is 385 g/mol. The van der Waals surface area contributed by atoms with Crippen LogP contribution < -0.4 is 16.6 Å². The van der Waals surface area contributed by atoms with Crippen molar-refractivity contribution in [3.63, 3.8) is 0 Å². The third-order valence-corrected chi connectivity index (χ3v) is 5.01. The van der Waals surface area contributed by atoms with Crippen LogP contribution in [0, 0.1) is 12.7 Å². The Morgan fingerprint density at radius 2 is 2.00 bits per heavy atom. The maximum atomic E-state index is 13.2. The smallest absolute Gasteiger partial charge is 0.308 e. The number of H-pyrrole nitrogens is 1. The van der Waals surface area contributed by atoms with E-state index in [9.17, 15) is 18.8 Å². The second-order valence-electron chi connectivity index (χ2n) is 6.11. The molecule has 0 radical (unpaired) electrons. The zero-order valence-electron chi connectivity index (χ0n) is 14.6. The first-order valence-electron chi connectivity index (χ1n) is 8.25. The number of fused-ring (bicyclic) bond motifs is 1. The van der Waals surface area contributed by atoms with Gasteiger partial charge in [-0.1, -0.05) is 0 Å². The molecule has 142 valence electrons. The second kappa shape index (κ2) is 6.89. The Bertz CT molecular complexity index is 1300. The molecule has 0 atom stereocenters. The quantitative estimate of drug-likeness (QED) is 0.548. The minimum atomic E-state index is -0.684. The number of hydrogen-bond donors (Lipinski definition) is 2. The summed E-state index contributed by atoms with van der Waals surface area (Å²) in [6.45, 7) is 1.49. The van der Waals surface area contributed by atoms with Crippen LogP contribution in [0.4, 0.5) is 10.2 Å². The van der Waals surface area contributed by atoms with Gasteiger partial charge in [0.05, 0.1) is 11.2 Å². The number of aromatic amines is 1. The van der Waals surface area contributed by atoms with E-state index >= 15 is 0 Å². The summed E-state index contributed by atoms with van der Waals surface area (Å²) >= 11 is 1.17. The molecule has 0 bridgehead atoms. The van der Waals surface area contributed by atoms with E-state index < -0.39 is 23.0 Å². The largest absolute Gasteiger partial charge is 0.336 e. The number of benzene rings is 1. The fourth-order valence-corrected chi connectivity index (χ4v) is 3.69. The molecule has 4 aromatic rings. The predicted octanol–water partition coefficient (Wildman–Crippen LogP) is 2.02. The van der Waals surface area contributed by atoms with Crippen LogP contribution >= 0.6 is 11.3 Å². The van der Waals surface area contributed by atoms with Crippen LogP contribution in [0.15, 0.2) is 51.4 Å². The van der Waals surface area contributed by atoms with Crippen molar-refractivity contribution in [3.8, 4) is 5.69 Å². The monoisotopic (exact) mass is 399 g/mol. The normalized spacial score (nSPS) is 11.1. The van der Waals surface area contributed by atoms with E-state index in [1.54, 1.807) is 24.4 Å². The minimum Gasteiger partial charge on any atom is -0.308 e. The number of aromatic nitrogens is 4. The van der Waals surface area contributed by atoms with Crippen molar-refractivity contribution >= 4 is 33.3 Å². The van der Waals surface area contributed by atoms with E-state index in [-0.39, 0.29) is 12.2 Å². The first-order valence-corrected chi connectivity index (χ1v) is 9.13. The molecule has 0 saturated carbocycles. The van der Waals surface area contributed by atoms with E-state index in [1.807, 2.05) is 0 Å². The van der Waals surface area contributed by atoms with Crippen molar-refractivity contribution in [2.75, 3.05) is 5.32 Å². The Morgan fingerprint density at radius 1 is 1.25 bits per heavy atom. The van der Waals surface area contributed by atoms with Crippen molar-refractivity contribution in [2.45, 2.75) is 13.5 Å². The van der Waals surface area contributed by atoms with Gasteiger partial charge in [0.1, 0.15) is 17.1 Å². The van der Waals surface area contributed by atoms with Gasteiger partial charge >= 0.3 is 5.69 Å². The van der Waals surface area contributed by atoms with Crippen LogP contribution in [0.2, 0.25) is 0 Å². The molecule has 0 aliphatic heterocycles. The van der Waals surface area contributed by atoms with Gasteiger partial charge in [0.25, 0.3) is 5.56 Å². The Labute approximate surface area is 160 Å². The van der Waals surface area contributed by atoms with Gasteiger partial charge in [0.2, 0.25) is 5.91 Å². The summed E-state index contributed by atoms with van der Waals surface area (Å²) in [4.78, 5) is 38.2. The van der Waals surface area contributed by atoms with Crippen LogP contribution in [-0.2, 0) is 11.3 Å². The molecule has 3 aromatic heterocycles. The van der Waals surface area contributed by atoms with Gasteiger partial charge in [0.15, 0.2) is 5.82 Å². The average Bonchev–Trinajstić information content (AvgIpc) is 3.29. The fourth-order valence-electron chi connectivity index (χ4n) is 2.87. The fraction of sp³-hybridized carbons (Fsp3) is 0.111. The summed E-state index contributed by atoms with van der Waals surface area (Å²) in [6, 6.07) is 8.28. The maximum absolute atomic E-state index is 13.2. The summed E-state index contributed by atoms with van der Waals surface area (Å²) in [5.41, 5.74) is 0.171. The van der Waals surface area contributed by atoms with Crippen LogP contribution in [0.5, 0.6) is 0 Å². The zero-order valence-corrected chi connectivity index (χ0v) is 15.4. The third kappa shape index (κ3) is 3.14. The SMILES string of the molecule is Cc1cc(NC(=O)Cn2c(=O)n(-c3ccc(F)cc3)c(=O)c3sccc32)n[nH]1. The van der Waals surface area contributed by atoms with Gasteiger partial charge in [0, 0.05) is 11.8 Å². The number of carbonyl (C=O) groups is 1. The van der Waals surface area contributed by atoms with Crippen molar-refractivity contribution in [1.82, 2.24) is 19.3 Å². The molecule has 8 nitrogen and oxygen atoms in total. The summed E-state index contributed by atoms with van der Waals surface area (Å²) < 4.78 is 15.7. The van der Waals surface area contributed by atoms with Crippen molar-refractivity contribution in [2.24, 2.45) is 0 Å². The van der Waals surface area contributed by atoms with E-state index in [1.165, 1.54) is 28.0 Å². The second-order valence-corrected chi connectivity index (χ2v) is 7.02. The Morgan fingerprint density at radius 3 is 2.68 bits per heavy atom. The number of anilines is 1. The van der Waals surface area contributed by atoms with Gasteiger partial charge in [-0.3, -0.25) is 19.3 Å². The lowest BCUT2D eigenvalue weighted by Gasteiger charge is -2.12. The molecule has 0 unspecified atom stereocenters. The number of amides is 1. The number of nitrogens with zero attached hydrogens (tertiary/aromatic N) is 3. The van der Waals surface area contributed by atoms with Crippen LogP contribution in [0.1, 0.15) is 5.69 Å². The highest BCUT2D eigenvalue weighted by atomic mass is 32.1. The molecule has 0 saturated heterocycles. The van der Waals surface area contributed by atoms with Gasteiger partial charge < -0.3 is 5.32 Å². The summed E-state index contributed by atoms with van der Waals surface area (Å²) in [5, 5.41) is 10.9. The molecule has 1 amide bonds. The third-order valence-electron chi connectivity index (χ3n) is 4.11. The van der Waals surface area contributed by atoms with E-state index in [0.717, 1.165) is 22.4 Å². The molecule has 10 heteroatoms. The maximum Gasteiger partial charge on any atom is 0.336 e. The highest BCUT2D eigenvalue weighted by molar-refractivity contribution is 7.17. The molecular formula is C18H14FN5O3S. The van der Waals surface area contributed by atoms with Crippen molar-refractivity contribution in [3.05, 3.63) is 74.1 Å². The predicted molar refractivity (Wildman–Crippen MR) is 104 cm³/mol. The molecule has 28 heavy (non-hydrogen) atoms. The number of halogens is 1. The topological polar surface area (TPSA) is 102 Å². The molecule has 1 aromatic carbocycles. The van der Waals surface area contributed by atoms with E-state index in [0.29, 0.717) is 16.0 Å². The number of hydrogen-bond acceptors (Lipinski definition) is 5. The number of carbonyl (C=O) groups excluding carboxylic acids is 1. The molecule has 0 fully saturated rings. The minimum absolute atomic E-state index is 0.226. The van der Waals surface area contributed by atoms with E-state index in [2.05, 4.69) is 15.5 Å². The average molecular weight is 399 g/mol. The van der Waals surface area contributed by atoms with Gasteiger partial charge in [-0.15, -0.1) is 11.3 Å². The molecule has 2 N–H and O–H groups in total. The van der Waals surface area contributed by atoms with Crippen LogP contribution in [0.3, 0.4) is 0 Å². The highest BCUT2D eigenvalue weighted by Crippen LogP contribution is 2.17. The number of aryl methyl sites for hydroxylation is 1. The summed E-state index contributed by atoms with van der Waals surface area (Å²) in [5.74, 6) is -0.614. The molecule has 0 aliphatic carbocycles. The highest BCUT2D eigenvalue weighted by Gasteiger charge is 2.18. The standard InChI is InChI=1S/C18H14FN5O3S/c1-10-8-14(22-21-10)20-15(25)9-23-13-6-7-28-16(13)17(26)24(18(23)27)12-4-2-11(19)3-5-12/h2-8H,9H2,1H3,(H2,20,21,22,25). The Hall–Kier alpha value is -3.53. The lowest BCUT2D eigenvalue weighted by atomic mass is 10.3. The Kier molecular flexibility index (Phi) is 4.40. The zero-order chi connectivity index (χ0) is 19.8. The van der Waals surface area contributed by atoms with E-state index in [4.69, 9.17) is 0 Å². The van der Waals surface area contributed by atoms with Crippen molar-refractivity contribution < 1.29 is 9.18 Å². The lowest BCUT2D eigenvalue weighted by Crippen LogP contribution is -2.40. The summed E-state index contributed by atoms with van der Waals surface area (Å²) in [7, 11) is 0.